The van der Waals surface area contributed by atoms with Crippen molar-refractivity contribution in [2.75, 3.05) is 31.6 Å². The standard InChI is InChI=1S/C21H26ClN3O2/c22-19-9-8-16-10-13-23-14-11-18(16)20(19)27-15-5-4-12-24-21(26)25-17-6-2-1-3-7-17/h1-3,6-9,23H,4-5,10-15H2,(H2,24,25,26). The summed E-state index contributed by atoms with van der Waals surface area (Å²) in [6.45, 7) is 3.13. The number of para-hydroxylation sites is 1. The zero-order valence-electron chi connectivity index (χ0n) is 15.4. The highest BCUT2D eigenvalue weighted by Crippen LogP contribution is 2.33. The molecule has 3 N–H and O–H groups in total. The summed E-state index contributed by atoms with van der Waals surface area (Å²) < 4.78 is 6.01. The van der Waals surface area contributed by atoms with Crippen molar-refractivity contribution >= 4 is 23.3 Å². The lowest BCUT2D eigenvalue weighted by molar-refractivity contribution is 0.251. The first-order valence-electron chi connectivity index (χ1n) is 9.48. The summed E-state index contributed by atoms with van der Waals surface area (Å²) in [7, 11) is 0. The second-order valence-corrected chi connectivity index (χ2v) is 6.97. The van der Waals surface area contributed by atoms with E-state index < -0.39 is 0 Å². The minimum Gasteiger partial charge on any atom is -0.492 e. The van der Waals surface area contributed by atoms with Crippen molar-refractivity contribution < 1.29 is 9.53 Å². The predicted octanol–water partition coefficient (Wildman–Crippen LogP) is 4.01. The smallest absolute Gasteiger partial charge is 0.319 e. The number of unbranched alkanes of at least 4 members (excludes halogenated alkanes) is 1. The second kappa shape index (κ2) is 10.2. The van der Waals surface area contributed by atoms with E-state index in [1.807, 2.05) is 36.4 Å². The fourth-order valence-electron chi connectivity index (χ4n) is 3.17. The molecule has 0 spiro atoms. The van der Waals surface area contributed by atoms with E-state index in [0.717, 1.165) is 50.2 Å². The van der Waals surface area contributed by atoms with Gasteiger partial charge in [-0.15, -0.1) is 0 Å². The van der Waals surface area contributed by atoms with Crippen LogP contribution < -0.4 is 20.7 Å². The molecule has 2 aromatic rings. The van der Waals surface area contributed by atoms with E-state index >= 15 is 0 Å². The molecule has 3 rings (SSSR count). The number of benzene rings is 2. The van der Waals surface area contributed by atoms with Crippen molar-refractivity contribution in [1.82, 2.24) is 10.6 Å². The molecule has 0 radical (unpaired) electrons. The molecule has 0 bridgehead atoms. The van der Waals surface area contributed by atoms with Crippen molar-refractivity contribution in [3.8, 4) is 5.75 Å². The third-order valence-corrected chi connectivity index (χ3v) is 4.86. The molecule has 0 saturated heterocycles. The molecule has 2 amide bonds. The van der Waals surface area contributed by atoms with Crippen LogP contribution in [0.2, 0.25) is 5.02 Å². The molecular formula is C21H26ClN3O2. The number of ether oxygens (including phenoxy) is 1. The number of carbonyl (C=O) groups is 1. The van der Waals surface area contributed by atoms with Crippen LogP contribution in [0.3, 0.4) is 0 Å². The molecule has 1 aliphatic heterocycles. The predicted molar refractivity (Wildman–Crippen MR) is 110 cm³/mol. The molecular weight excluding hydrogens is 362 g/mol. The van der Waals surface area contributed by atoms with Crippen LogP contribution in [0.15, 0.2) is 42.5 Å². The van der Waals surface area contributed by atoms with Crippen LogP contribution in [0, 0.1) is 0 Å². The van der Waals surface area contributed by atoms with Gasteiger partial charge in [-0.05, 0) is 62.5 Å². The van der Waals surface area contributed by atoms with Crippen molar-refractivity contribution in [2.24, 2.45) is 0 Å². The van der Waals surface area contributed by atoms with Gasteiger partial charge in [0, 0.05) is 17.8 Å². The van der Waals surface area contributed by atoms with Crippen molar-refractivity contribution in [2.45, 2.75) is 25.7 Å². The summed E-state index contributed by atoms with van der Waals surface area (Å²) in [5.41, 5.74) is 3.33. The Balaban J connectivity index is 1.39. The number of nitrogens with one attached hydrogen (secondary N) is 3. The first-order chi connectivity index (χ1) is 13.2. The Kier molecular flexibility index (Phi) is 7.36. The zero-order chi connectivity index (χ0) is 18.9. The summed E-state index contributed by atoms with van der Waals surface area (Å²) in [4.78, 5) is 11.8. The number of urea groups is 1. The molecule has 27 heavy (non-hydrogen) atoms. The van der Waals surface area contributed by atoms with E-state index in [-0.39, 0.29) is 6.03 Å². The average molecular weight is 388 g/mol. The number of carbonyl (C=O) groups excluding carboxylic acids is 1. The monoisotopic (exact) mass is 387 g/mol. The largest absolute Gasteiger partial charge is 0.492 e. The number of rotatable bonds is 7. The number of halogens is 1. The van der Waals surface area contributed by atoms with Gasteiger partial charge in [-0.1, -0.05) is 35.9 Å². The summed E-state index contributed by atoms with van der Waals surface area (Å²) >= 11 is 6.36. The minimum absolute atomic E-state index is 0.189. The van der Waals surface area contributed by atoms with E-state index in [1.165, 1.54) is 11.1 Å². The summed E-state index contributed by atoms with van der Waals surface area (Å²) in [5, 5.41) is 9.75. The van der Waals surface area contributed by atoms with E-state index in [4.69, 9.17) is 16.3 Å². The molecule has 0 fully saturated rings. The Bertz CT molecular complexity index is 753. The Morgan fingerprint density at radius 2 is 1.89 bits per heavy atom. The van der Waals surface area contributed by atoms with Gasteiger partial charge in [0.2, 0.25) is 0 Å². The lowest BCUT2D eigenvalue weighted by atomic mass is 10.0. The van der Waals surface area contributed by atoms with Crippen LogP contribution in [0.25, 0.3) is 0 Å². The minimum atomic E-state index is -0.189. The third kappa shape index (κ3) is 5.88. The van der Waals surface area contributed by atoms with Crippen molar-refractivity contribution in [1.29, 1.82) is 0 Å². The lowest BCUT2D eigenvalue weighted by Gasteiger charge is -2.15. The van der Waals surface area contributed by atoms with Gasteiger partial charge in [-0.2, -0.15) is 0 Å². The fraction of sp³-hybridized carbons (Fsp3) is 0.381. The summed E-state index contributed by atoms with van der Waals surface area (Å²) in [5.74, 6) is 0.827. The van der Waals surface area contributed by atoms with E-state index in [9.17, 15) is 4.79 Å². The summed E-state index contributed by atoms with van der Waals surface area (Å²) in [6, 6.07) is 13.2. The van der Waals surface area contributed by atoms with Crippen LogP contribution in [0.5, 0.6) is 5.75 Å². The number of amides is 2. The van der Waals surface area contributed by atoms with Gasteiger partial charge in [0.1, 0.15) is 5.75 Å². The topological polar surface area (TPSA) is 62.4 Å². The second-order valence-electron chi connectivity index (χ2n) is 6.57. The van der Waals surface area contributed by atoms with Crippen molar-refractivity contribution in [3.63, 3.8) is 0 Å². The lowest BCUT2D eigenvalue weighted by Crippen LogP contribution is -2.29. The van der Waals surface area contributed by atoms with Gasteiger partial charge in [-0.25, -0.2) is 4.79 Å². The maximum absolute atomic E-state index is 11.8. The van der Waals surface area contributed by atoms with Crippen LogP contribution in [0.1, 0.15) is 24.0 Å². The van der Waals surface area contributed by atoms with E-state index in [1.54, 1.807) is 0 Å². The Morgan fingerprint density at radius 3 is 2.74 bits per heavy atom. The van der Waals surface area contributed by atoms with Crippen LogP contribution in [0.4, 0.5) is 10.5 Å². The number of hydrogen-bond acceptors (Lipinski definition) is 3. The quantitative estimate of drug-likeness (QED) is 0.629. The molecule has 1 heterocycles. The number of fused-ring (bicyclic) bond motifs is 1. The van der Waals surface area contributed by atoms with Gasteiger partial charge in [0.25, 0.3) is 0 Å². The van der Waals surface area contributed by atoms with Gasteiger partial charge < -0.3 is 20.7 Å². The van der Waals surface area contributed by atoms with Gasteiger partial charge in [-0.3, -0.25) is 0 Å². The van der Waals surface area contributed by atoms with Gasteiger partial charge >= 0.3 is 6.03 Å². The van der Waals surface area contributed by atoms with Gasteiger partial charge in [0.05, 0.1) is 11.6 Å². The van der Waals surface area contributed by atoms with E-state index in [0.29, 0.717) is 18.2 Å². The first kappa shape index (κ1) is 19.5. The third-order valence-electron chi connectivity index (χ3n) is 4.57. The SMILES string of the molecule is O=C(NCCCCOc1c(Cl)ccc2c1CCNCC2)Nc1ccccc1. The molecule has 144 valence electrons. The Hall–Kier alpha value is -2.24. The molecule has 2 aromatic carbocycles. The maximum atomic E-state index is 11.8. The highest BCUT2D eigenvalue weighted by atomic mass is 35.5. The van der Waals surface area contributed by atoms with Gasteiger partial charge in [0.15, 0.2) is 0 Å². The molecule has 0 aromatic heterocycles. The zero-order valence-corrected chi connectivity index (χ0v) is 16.1. The molecule has 0 unspecified atom stereocenters. The van der Waals surface area contributed by atoms with Crippen LogP contribution >= 0.6 is 11.6 Å². The normalized spacial score (nSPS) is 13.4. The average Bonchev–Trinajstić information content (AvgIpc) is 2.92. The molecule has 6 heteroatoms. The molecule has 1 aliphatic rings. The summed E-state index contributed by atoms with van der Waals surface area (Å²) in [6.07, 6.45) is 3.63. The van der Waals surface area contributed by atoms with Crippen LogP contribution in [-0.4, -0.2) is 32.3 Å². The number of anilines is 1. The maximum Gasteiger partial charge on any atom is 0.319 e. The first-order valence-corrected chi connectivity index (χ1v) is 9.85. The molecule has 0 aliphatic carbocycles. The molecule has 0 saturated carbocycles. The molecule has 5 nitrogen and oxygen atoms in total. The number of hydrogen-bond donors (Lipinski definition) is 3. The van der Waals surface area contributed by atoms with E-state index in [2.05, 4.69) is 22.0 Å². The van der Waals surface area contributed by atoms with Crippen LogP contribution in [-0.2, 0) is 12.8 Å². The Labute approximate surface area is 165 Å². The highest BCUT2D eigenvalue weighted by molar-refractivity contribution is 6.32. The fourth-order valence-corrected chi connectivity index (χ4v) is 3.40. The van der Waals surface area contributed by atoms with Crippen molar-refractivity contribution in [3.05, 3.63) is 58.6 Å². The molecule has 0 atom stereocenters. The highest BCUT2D eigenvalue weighted by Gasteiger charge is 2.15. The Morgan fingerprint density at radius 1 is 1.07 bits per heavy atom.